The van der Waals surface area contributed by atoms with Gasteiger partial charge < -0.3 is 10.0 Å². The summed E-state index contributed by atoms with van der Waals surface area (Å²) in [6.45, 7) is 7.30. The molecule has 0 saturated carbocycles. The third kappa shape index (κ3) is 2.92. The number of nitrogens with zero attached hydrogens (tertiary/aromatic N) is 5. The molecule has 2 aromatic heterocycles. The van der Waals surface area contributed by atoms with Crippen molar-refractivity contribution in [3.05, 3.63) is 41.4 Å². The average Bonchev–Trinajstić information content (AvgIpc) is 2.85. The molecule has 1 fully saturated rings. The molecule has 6 heteroatoms. The van der Waals surface area contributed by atoms with E-state index in [1.165, 1.54) is 0 Å². The topological polar surface area (TPSA) is 75.0 Å². The number of rotatable bonds is 3. The van der Waals surface area contributed by atoms with Crippen molar-refractivity contribution in [2.24, 2.45) is 5.92 Å². The summed E-state index contributed by atoms with van der Waals surface area (Å²) in [5, 5.41) is 10.4. The van der Waals surface area contributed by atoms with Crippen molar-refractivity contribution < 1.29 is 5.11 Å². The van der Waals surface area contributed by atoms with Crippen LogP contribution in [0.4, 0.5) is 5.82 Å². The van der Waals surface area contributed by atoms with E-state index < -0.39 is 0 Å². The predicted molar refractivity (Wildman–Crippen MR) is 83.7 cm³/mol. The molecule has 22 heavy (non-hydrogen) atoms. The molecule has 0 spiro atoms. The van der Waals surface area contributed by atoms with Crippen LogP contribution < -0.4 is 4.90 Å². The Bertz CT molecular complexity index is 661. The van der Waals surface area contributed by atoms with Gasteiger partial charge in [0.2, 0.25) is 0 Å². The fraction of sp³-hybridized carbons (Fsp3) is 0.500. The third-order valence-corrected chi connectivity index (χ3v) is 4.27. The molecule has 0 amide bonds. The highest BCUT2D eigenvalue weighted by atomic mass is 16.3. The Morgan fingerprint density at radius 2 is 2.00 bits per heavy atom. The van der Waals surface area contributed by atoms with E-state index in [0.717, 1.165) is 41.6 Å². The number of aliphatic hydroxyl groups excluding tert-OH is 1. The monoisotopic (exact) mass is 299 g/mol. The van der Waals surface area contributed by atoms with Crippen LogP contribution in [0.15, 0.2) is 18.6 Å². The van der Waals surface area contributed by atoms with Gasteiger partial charge in [0.25, 0.3) is 0 Å². The summed E-state index contributed by atoms with van der Waals surface area (Å²) in [4.78, 5) is 19.5. The summed E-state index contributed by atoms with van der Waals surface area (Å²) < 4.78 is 0. The van der Waals surface area contributed by atoms with Gasteiger partial charge in [0.1, 0.15) is 11.6 Å². The summed E-state index contributed by atoms with van der Waals surface area (Å²) in [5.74, 6) is 1.85. The summed E-state index contributed by atoms with van der Waals surface area (Å²) in [7, 11) is 0. The lowest BCUT2D eigenvalue weighted by Crippen LogP contribution is -2.24. The SMILES string of the molecule is Cc1nc(C)c(C)c(N2C[C@@H](Cc3cnccn3)[C@H](O)C2)n1. The molecule has 0 radical (unpaired) electrons. The first-order valence-corrected chi connectivity index (χ1v) is 7.54. The van der Waals surface area contributed by atoms with Gasteiger partial charge in [0.15, 0.2) is 0 Å². The Morgan fingerprint density at radius 3 is 2.73 bits per heavy atom. The van der Waals surface area contributed by atoms with Gasteiger partial charge in [-0.3, -0.25) is 9.97 Å². The van der Waals surface area contributed by atoms with Crippen molar-refractivity contribution in [3.63, 3.8) is 0 Å². The highest BCUT2D eigenvalue weighted by Crippen LogP contribution is 2.28. The average molecular weight is 299 g/mol. The second-order valence-electron chi connectivity index (χ2n) is 5.94. The first kappa shape index (κ1) is 14.8. The van der Waals surface area contributed by atoms with E-state index in [0.29, 0.717) is 6.54 Å². The maximum Gasteiger partial charge on any atom is 0.135 e. The molecule has 1 aliphatic rings. The smallest absolute Gasteiger partial charge is 0.135 e. The molecule has 1 N–H and O–H groups in total. The summed E-state index contributed by atoms with van der Waals surface area (Å²) in [6.07, 6.45) is 5.47. The van der Waals surface area contributed by atoms with Gasteiger partial charge in [-0.25, -0.2) is 9.97 Å². The first-order chi connectivity index (χ1) is 10.5. The Balaban J connectivity index is 1.79. The third-order valence-electron chi connectivity index (χ3n) is 4.27. The van der Waals surface area contributed by atoms with Crippen LogP contribution in [0, 0.1) is 26.7 Å². The largest absolute Gasteiger partial charge is 0.391 e. The van der Waals surface area contributed by atoms with Gasteiger partial charge in [0, 0.05) is 48.9 Å². The highest BCUT2D eigenvalue weighted by Gasteiger charge is 2.33. The molecule has 3 heterocycles. The van der Waals surface area contributed by atoms with E-state index in [1.54, 1.807) is 18.6 Å². The molecule has 0 unspecified atom stereocenters. The van der Waals surface area contributed by atoms with Crippen LogP contribution in [-0.4, -0.2) is 44.2 Å². The van der Waals surface area contributed by atoms with Crippen LogP contribution in [0.1, 0.15) is 22.8 Å². The molecule has 1 saturated heterocycles. The zero-order valence-electron chi connectivity index (χ0n) is 13.2. The van der Waals surface area contributed by atoms with E-state index in [9.17, 15) is 5.11 Å². The van der Waals surface area contributed by atoms with Crippen molar-refractivity contribution in [1.82, 2.24) is 19.9 Å². The van der Waals surface area contributed by atoms with E-state index in [4.69, 9.17) is 0 Å². The molecule has 116 valence electrons. The summed E-state index contributed by atoms with van der Waals surface area (Å²) >= 11 is 0. The van der Waals surface area contributed by atoms with Gasteiger partial charge in [0.05, 0.1) is 11.8 Å². The minimum atomic E-state index is -0.378. The number of aromatic nitrogens is 4. The van der Waals surface area contributed by atoms with E-state index in [1.807, 2.05) is 20.8 Å². The van der Waals surface area contributed by atoms with Crippen LogP contribution in [0.5, 0.6) is 0 Å². The number of aryl methyl sites for hydroxylation is 2. The molecule has 0 aromatic carbocycles. The van der Waals surface area contributed by atoms with Gasteiger partial charge >= 0.3 is 0 Å². The molecule has 0 aliphatic carbocycles. The zero-order valence-corrected chi connectivity index (χ0v) is 13.2. The van der Waals surface area contributed by atoms with Crippen LogP contribution in [0.3, 0.4) is 0 Å². The standard InChI is InChI=1S/C16H21N5O/c1-10-11(2)19-12(3)20-16(10)21-8-13(15(22)9-21)6-14-7-17-4-5-18-14/h4-5,7,13,15,22H,6,8-9H2,1-3H3/t13-,15-/m1/s1. The van der Waals surface area contributed by atoms with Crippen molar-refractivity contribution in [3.8, 4) is 0 Å². The Morgan fingerprint density at radius 1 is 1.18 bits per heavy atom. The van der Waals surface area contributed by atoms with Crippen molar-refractivity contribution >= 4 is 5.82 Å². The molecule has 1 aliphatic heterocycles. The first-order valence-electron chi connectivity index (χ1n) is 7.54. The number of β-amino-alcohol motifs (C(OH)–C–C–N with tert-alkyl or cyclic N) is 1. The van der Waals surface area contributed by atoms with E-state index >= 15 is 0 Å². The number of aliphatic hydroxyl groups is 1. The minimum absolute atomic E-state index is 0.145. The van der Waals surface area contributed by atoms with Crippen LogP contribution in [0.2, 0.25) is 0 Å². The molecule has 2 aromatic rings. The molecule has 0 bridgehead atoms. The van der Waals surface area contributed by atoms with Crippen molar-refractivity contribution in [1.29, 1.82) is 0 Å². The van der Waals surface area contributed by atoms with Gasteiger partial charge in [-0.05, 0) is 27.2 Å². The Hall–Kier alpha value is -2.08. The maximum atomic E-state index is 10.4. The molecule has 6 nitrogen and oxygen atoms in total. The van der Waals surface area contributed by atoms with E-state index in [2.05, 4.69) is 24.8 Å². The zero-order chi connectivity index (χ0) is 15.7. The predicted octanol–water partition coefficient (Wildman–Crippen LogP) is 1.23. The summed E-state index contributed by atoms with van der Waals surface area (Å²) in [5.41, 5.74) is 2.99. The Labute approximate surface area is 130 Å². The normalized spacial score (nSPS) is 21.4. The fourth-order valence-electron chi connectivity index (χ4n) is 2.99. The highest BCUT2D eigenvalue weighted by molar-refractivity contribution is 5.49. The van der Waals surface area contributed by atoms with Crippen LogP contribution in [-0.2, 0) is 6.42 Å². The molecule has 2 atom stereocenters. The molecule has 3 rings (SSSR count). The lowest BCUT2D eigenvalue weighted by atomic mass is 10.0. The number of hydrogen-bond acceptors (Lipinski definition) is 6. The molecular formula is C16H21N5O. The van der Waals surface area contributed by atoms with Crippen LogP contribution in [0.25, 0.3) is 0 Å². The van der Waals surface area contributed by atoms with Crippen LogP contribution >= 0.6 is 0 Å². The minimum Gasteiger partial charge on any atom is -0.391 e. The van der Waals surface area contributed by atoms with Gasteiger partial charge in [-0.1, -0.05) is 0 Å². The molecular weight excluding hydrogens is 278 g/mol. The second kappa shape index (κ2) is 5.96. The lowest BCUT2D eigenvalue weighted by Gasteiger charge is -2.20. The summed E-state index contributed by atoms with van der Waals surface area (Å²) in [6, 6.07) is 0. The maximum absolute atomic E-state index is 10.4. The van der Waals surface area contributed by atoms with E-state index in [-0.39, 0.29) is 12.0 Å². The fourth-order valence-corrected chi connectivity index (χ4v) is 2.99. The van der Waals surface area contributed by atoms with Crippen molar-refractivity contribution in [2.75, 3.05) is 18.0 Å². The second-order valence-corrected chi connectivity index (χ2v) is 5.94. The lowest BCUT2D eigenvalue weighted by molar-refractivity contribution is 0.147. The number of hydrogen-bond donors (Lipinski definition) is 1. The van der Waals surface area contributed by atoms with Gasteiger partial charge in [-0.15, -0.1) is 0 Å². The Kier molecular flexibility index (Phi) is 4.02. The van der Waals surface area contributed by atoms with Crippen molar-refractivity contribution in [2.45, 2.75) is 33.3 Å². The van der Waals surface area contributed by atoms with Gasteiger partial charge in [-0.2, -0.15) is 0 Å². The number of anilines is 1. The quantitative estimate of drug-likeness (QED) is 0.919.